The molecule has 1 N–H and O–H groups in total. The summed E-state index contributed by atoms with van der Waals surface area (Å²) in [5.41, 5.74) is 0.804. The van der Waals surface area contributed by atoms with Gasteiger partial charge in [-0.05, 0) is 56.3 Å². The molecule has 1 aliphatic carbocycles. The molecule has 20 heavy (non-hydrogen) atoms. The Morgan fingerprint density at radius 3 is 2.80 bits per heavy atom. The zero-order valence-electron chi connectivity index (χ0n) is 11.7. The van der Waals surface area contributed by atoms with E-state index in [4.69, 9.17) is 0 Å². The number of nitrogens with one attached hydrogen (secondary N) is 1. The molecule has 0 amide bonds. The van der Waals surface area contributed by atoms with Crippen LogP contribution in [0.15, 0.2) is 22.7 Å². The highest BCUT2D eigenvalue weighted by Gasteiger charge is 2.27. The number of halogens is 2. The third kappa shape index (κ3) is 4.03. The van der Waals surface area contributed by atoms with Crippen LogP contribution in [-0.2, 0) is 6.54 Å². The van der Waals surface area contributed by atoms with Crippen molar-refractivity contribution in [1.29, 1.82) is 0 Å². The third-order valence-electron chi connectivity index (χ3n) is 4.26. The van der Waals surface area contributed by atoms with Crippen molar-refractivity contribution in [2.24, 2.45) is 5.92 Å². The van der Waals surface area contributed by atoms with Crippen molar-refractivity contribution < 1.29 is 4.39 Å². The summed E-state index contributed by atoms with van der Waals surface area (Å²) in [5.74, 6) is 0.750. The average Bonchev–Trinajstić information content (AvgIpc) is 3.08. The number of benzene rings is 1. The molecular weight excluding hydrogens is 319 g/mol. The lowest BCUT2D eigenvalue weighted by Gasteiger charge is -2.26. The van der Waals surface area contributed by atoms with Crippen molar-refractivity contribution in [3.63, 3.8) is 0 Å². The van der Waals surface area contributed by atoms with Crippen molar-refractivity contribution in [1.82, 2.24) is 10.2 Å². The van der Waals surface area contributed by atoms with Gasteiger partial charge in [-0.2, -0.15) is 0 Å². The lowest BCUT2D eigenvalue weighted by Crippen LogP contribution is -2.38. The van der Waals surface area contributed by atoms with Crippen molar-refractivity contribution in [2.75, 3.05) is 19.6 Å². The molecule has 0 spiro atoms. The first-order chi connectivity index (χ1) is 9.70. The van der Waals surface area contributed by atoms with E-state index in [2.05, 4.69) is 26.1 Å². The molecule has 1 aromatic rings. The fourth-order valence-corrected chi connectivity index (χ4v) is 3.41. The normalized spacial score (nSPS) is 22.6. The second-order valence-corrected chi connectivity index (χ2v) is 7.08. The van der Waals surface area contributed by atoms with Gasteiger partial charge in [-0.25, -0.2) is 4.39 Å². The Bertz CT molecular complexity index is 456. The number of rotatable bonds is 6. The minimum Gasteiger partial charge on any atom is -0.313 e. The molecule has 110 valence electrons. The standard InChI is InChI=1S/C16H22BrFN2/c17-14-5-6-16(18)13(8-14)10-20(9-12-3-4-12)11-15-2-1-7-19-15/h5-6,8,12,15,19H,1-4,7,9-11H2. The third-order valence-corrected chi connectivity index (χ3v) is 4.75. The maximum Gasteiger partial charge on any atom is 0.127 e. The fraction of sp³-hybridized carbons (Fsp3) is 0.625. The molecule has 1 saturated heterocycles. The summed E-state index contributed by atoms with van der Waals surface area (Å²) in [6.07, 6.45) is 5.21. The van der Waals surface area contributed by atoms with Gasteiger partial charge in [-0.1, -0.05) is 15.9 Å². The summed E-state index contributed by atoms with van der Waals surface area (Å²) < 4.78 is 14.9. The second kappa shape index (κ2) is 6.54. The van der Waals surface area contributed by atoms with E-state index in [1.54, 1.807) is 12.1 Å². The molecule has 1 heterocycles. The lowest BCUT2D eigenvalue weighted by atomic mass is 10.1. The predicted octanol–water partition coefficient (Wildman–Crippen LogP) is 3.55. The first-order valence-electron chi connectivity index (χ1n) is 7.60. The summed E-state index contributed by atoms with van der Waals surface area (Å²) in [6, 6.07) is 5.83. The zero-order chi connectivity index (χ0) is 13.9. The van der Waals surface area contributed by atoms with Gasteiger partial charge in [-0.15, -0.1) is 0 Å². The number of nitrogens with zero attached hydrogens (tertiary/aromatic N) is 1. The van der Waals surface area contributed by atoms with E-state index in [9.17, 15) is 4.39 Å². The van der Waals surface area contributed by atoms with Crippen molar-refractivity contribution in [3.05, 3.63) is 34.1 Å². The molecule has 0 aromatic heterocycles. The molecule has 1 aliphatic heterocycles. The van der Waals surface area contributed by atoms with Gasteiger partial charge in [0, 0.05) is 35.7 Å². The molecule has 2 aliphatic rings. The topological polar surface area (TPSA) is 15.3 Å². The molecule has 2 fully saturated rings. The van der Waals surface area contributed by atoms with Crippen LogP contribution >= 0.6 is 15.9 Å². The van der Waals surface area contributed by atoms with E-state index in [-0.39, 0.29) is 5.82 Å². The molecule has 1 saturated carbocycles. The van der Waals surface area contributed by atoms with Crippen LogP contribution in [-0.4, -0.2) is 30.6 Å². The lowest BCUT2D eigenvalue weighted by molar-refractivity contribution is 0.229. The Morgan fingerprint density at radius 2 is 2.10 bits per heavy atom. The van der Waals surface area contributed by atoms with Crippen LogP contribution in [0.25, 0.3) is 0 Å². The molecule has 1 aromatic carbocycles. The van der Waals surface area contributed by atoms with Gasteiger partial charge in [0.2, 0.25) is 0 Å². The Kier molecular flexibility index (Phi) is 4.74. The van der Waals surface area contributed by atoms with E-state index in [0.717, 1.165) is 42.1 Å². The van der Waals surface area contributed by atoms with Crippen LogP contribution < -0.4 is 5.32 Å². The Balaban J connectivity index is 1.65. The van der Waals surface area contributed by atoms with Gasteiger partial charge >= 0.3 is 0 Å². The summed E-state index contributed by atoms with van der Waals surface area (Å²) >= 11 is 3.44. The van der Waals surface area contributed by atoms with Crippen LogP contribution in [0.4, 0.5) is 4.39 Å². The zero-order valence-corrected chi connectivity index (χ0v) is 13.3. The van der Waals surface area contributed by atoms with Crippen LogP contribution in [0, 0.1) is 11.7 Å². The molecule has 3 rings (SSSR count). The van der Waals surface area contributed by atoms with E-state index in [1.807, 2.05) is 6.07 Å². The summed E-state index contributed by atoms with van der Waals surface area (Å²) in [7, 11) is 0. The first kappa shape index (κ1) is 14.5. The van der Waals surface area contributed by atoms with E-state index in [1.165, 1.54) is 25.7 Å². The van der Waals surface area contributed by atoms with E-state index >= 15 is 0 Å². The minimum atomic E-state index is -0.0895. The maximum absolute atomic E-state index is 13.9. The van der Waals surface area contributed by atoms with Gasteiger partial charge in [0.15, 0.2) is 0 Å². The van der Waals surface area contributed by atoms with Crippen molar-refractivity contribution in [3.8, 4) is 0 Å². The quantitative estimate of drug-likeness (QED) is 0.851. The van der Waals surface area contributed by atoms with E-state index in [0.29, 0.717) is 6.04 Å². The van der Waals surface area contributed by atoms with Gasteiger partial charge in [0.05, 0.1) is 0 Å². The smallest absolute Gasteiger partial charge is 0.127 e. The highest BCUT2D eigenvalue weighted by molar-refractivity contribution is 9.10. The van der Waals surface area contributed by atoms with Crippen LogP contribution in [0.2, 0.25) is 0 Å². The highest BCUT2D eigenvalue weighted by atomic mass is 79.9. The van der Waals surface area contributed by atoms with Gasteiger partial charge < -0.3 is 5.32 Å². The average molecular weight is 341 g/mol. The molecular formula is C16H22BrFN2. The monoisotopic (exact) mass is 340 g/mol. The minimum absolute atomic E-state index is 0.0895. The number of hydrogen-bond donors (Lipinski definition) is 1. The molecule has 4 heteroatoms. The van der Waals surface area contributed by atoms with Crippen molar-refractivity contribution >= 4 is 15.9 Å². The van der Waals surface area contributed by atoms with E-state index < -0.39 is 0 Å². The molecule has 1 unspecified atom stereocenters. The van der Waals surface area contributed by atoms with Gasteiger partial charge in [0.1, 0.15) is 5.82 Å². The summed E-state index contributed by atoms with van der Waals surface area (Å²) in [6.45, 7) is 4.01. The largest absolute Gasteiger partial charge is 0.313 e. The predicted molar refractivity (Wildman–Crippen MR) is 83.1 cm³/mol. The summed E-state index contributed by atoms with van der Waals surface area (Å²) in [4.78, 5) is 2.44. The van der Waals surface area contributed by atoms with Crippen LogP contribution in [0.1, 0.15) is 31.2 Å². The maximum atomic E-state index is 13.9. The number of hydrogen-bond acceptors (Lipinski definition) is 2. The molecule has 1 atom stereocenters. The highest BCUT2D eigenvalue weighted by Crippen LogP contribution is 2.30. The molecule has 2 nitrogen and oxygen atoms in total. The van der Waals surface area contributed by atoms with Gasteiger partial charge in [-0.3, -0.25) is 4.90 Å². The van der Waals surface area contributed by atoms with Crippen LogP contribution in [0.3, 0.4) is 0 Å². The Labute approximate surface area is 128 Å². The molecule has 0 radical (unpaired) electrons. The van der Waals surface area contributed by atoms with Crippen LogP contribution in [0.5, 0.6) is 0 Å². The van der Waals surface area contributed by atoms with Gasteiger partial charge in [0.25, 0.3) is 0 Å². The Morgan fingerprint density at radius 1 is 1.25 bits per heavy atom. The SMILES string of the molecule is Fc1ccc(Br)cc1CN(CC1CC1)CC1CCCN1. The Hall–Kier alpha value is -0.450. The summed E-state index contributed by atoms with van der Waals surface area (Å²) in [5, 5.41) is 3.55. The fourth-order valence-electron chi connectivity index (χ4n) is 3.00. The first-order valence-corrected chi connectivity index (χ1v) is 8.39. The second-order valence-electron chi connectivity index (χ2n) is 6.17. The van der Waals surface area contributed by atoms with Crippen molar-refractivity contribution in [2.45, 2.75) is 38.3 Å². The molecule has 0 bridgehead atoms.